The van der Waals surface area contributed by atoms with Gasteiger partial charge in [0, 0.05) is 65.1 Å². The second kappa shape index (κ2) is 12.8. The maximum Gasteiger partial charge on any atom is 0.241 e. The van der Waals surface area contributed by atoms with Crippen molar-refractivity contribution in [1.82, 2.24) is 25.4 Å². The topological polar surface area (TPSA) is 82.1 Å². The maximum atomic E-state index is 12.5. The first-order valence-corrected chi connectivity index (χ1v) is 11.1. The van der Waals surface area contributed by atoms with Crippen LogP contribution in [0.25, 0.3) is 0 Å². The highest BCUT2D eigenvalue weighted by Crippen LogP contribution is 2.13. The zero-order chi connectivity index (χ0) is 22.6. The van der Waals surface area contributed by atoms with Gasteiger partial charge in [-0.15, -0.1) is 0 Å². The average Bonchev–Trinajstić information content (AvgIpc) is 2.84. The van der Waals surface area contributed by atoms with Crippen LogP contribution in [0.15, 0.2) is 53.7 Å². The summed E-state index contributed by atoms with van der Waals surface area (Å²) in [6.45, 7) is 5.87. The number of morpholine rings is 1. The Morgan fingerprint density at radius 1 is 1.12 bits per heavy atom. The van der Waals surface area contributed by atoms with Crippen molar-refractivity contribution in [3.05, 3.63) is 65.5 Å². The molecule has 1 amide bonds. The standard InChI is InChI=1S/C24H34N6O2/c1-25-24(28-18-23(31)29(2)12-10-22-9-5-6-11-26-22)27-17-20-7-3-4-8-21(20)19-30-13-15-32-16-14-30/h3-9,11H,10,12-19H2,1-2H3,(H2,25,27,28). The Kier molecular flexibility index (Phi) is 9.46. The molecule has 0 bridgehead atoms. The lowest BCUT2D eigenvalue weighted by atomic mass is 10.1. The molecule has 0 radical (unpaired) electrons. The molecule has 1 aliphatic rings. The van der Waals surface area contributed by atoms with Gasteiger partial charge in [0.25, 0.3) is 0 Å². The molecule has 0 aliphatic carbocycles. The van der Waals surface area contributed by atoms with Crippen LogP contribution in [0.1, 0.15) is 16.8 Å². The van der Waals surface area contributed by atoms with E-state index in [1.807, 2.05) is 25.2 Å². The molecular formula is C24H34N6O2. The fourth-order valence-electron chi connectivity index (χ4n) is 3.53. The highest BCUT2D eigenvalue weighted by Gasteiger charge is 2.13. The number of guanidine groups is 1. The summed E-state index contributed by atoms with van der Waals surface area (Å²) in [6.07, 6.45) is 2.50. The molecule has 2 heterocycles. The van der Waals surface area contributed by atoms with E-state index < -0.39 is 0 Å². The Morgan fingerprint density at radius 3 is 2.59 bits per heavy atom. The number of carbonyl (C=O) groups excluding carboxylic acids is 1. The molecule has 8 heteroatoms. The molecule has 1 fully saturated rings. The molecule has 1 aromatic carbocycles. The molecule has 8 nitrogen and oxygen atoms in total. The third-order valence-electron chi connectivity index (χ3n) is 5.55. The van der Waals surface area contributed by atoms with E-state index in [0.29, 0.717) is 19.0 Å². The number of hydrogen-bond acceptors (Lipinski definition) is 5. The van der Waals surface area contributed by atoms with E-state index in [4.69, 9.17) is 4.74 Å². The van der Waals surface area contributed by atoms with Crippen LogP contribution in [0.2, 0.25) is 0 Å². The third kappa shape index (κ3) is 7.62. The Balaban J connectivity index is 1.44. The summed E-state index contributed by atoms with van der Waals surface area (Å²) in [5.41, 5.74) is 3.50. The van der Waals surface area contributed by atoms with Gasteiger partial charge in [0.1, 0.15) is 0 Å². The normalized spacial score (nSPS) is 14.8. The van der Waals surface area contributed by atoms with Crippen molar-refractivity contribution in [1.29, 1.82) is 0 Å². The second-order valence-electron chi connectivity index (χ2n) is 7.82. The van der Waals surface area contributed by atoms with Crippen LogP contribution < -0.4 is 10.6 Å². The molecule has 2 aromatic rings. The summed E-state index contributed by atoms with van der Waals surface area (Å²) < 4.78 is 5.45. The first-order valence-electron chi connectivity index (χ1n) is 11.1. The first kappa shape index (κ1) is 23.7. The minimum Gasteiger partial charge on any atom is -0.379 e. The van der Waals surface area contributed by atoms with Gasteiger partial charge in [-0.25, -0.2) is 0 Å². The minimum atomic E-state index is 0.0107. The van der Waals surface area contributed by atoms with Gasteiger partial charge in [-0.1, -0.05) is 30.3 Å². The van der Waals surface area contributed by atoms with Crippen molar-refractivity contribution in [2.45, 2.75) is 19.5 Å². The number of pyridine rings is 1. The van der Waals surface area contributed by atoms with Gasteiger partial charge in [-0.05, 0) is 23.3 Å². The zero-order valence-corrected chi connectivity index (χ0v) is 19.1. The van der Waals surface area contributed by atoms with Gasteiger partial charge in [0.2, 0.25) is 5.91 Å². The van der Waals surface area contributed by atoms with E-state index in [1.54, 1.807) is 18.1 Å². The van der Waals surface area contributed by atoms with Crippen LogP contribution in [0.4, 0.5) is 0 Å². The second-order valence-corrected chi connectivity index (χ2v) is 7.82. The summed E-state index contributed by atoms with van der Waals surface area (Å²) in [7, 11) is 3.52. The highest BCUT2D eigenvalue weighted by atomic mass is 16.5. The molecule has 1 saturated heterocycles. The van der Waals surface area contributed by atoms with Gasteiger partial charge in [-0.2, -0.15) is 0 Å². The van der Waals surface area contributed by atoms with Crippen molar-refractivity contribution in [3.8, 4) is 0 Å². The number of ether oxygens (including phenoxy) is 1. The van der Waals surface area contributed by atoms with E-state index in [9.17, 15) is 4.79 Å². The zero-order valence-electron chi connectivity index (χ0n) is 19.1. The number of hydrogen-bond donors (Lipinski definition) is 2. The van der Waals surface area contributed by atoms with Gasteiger partial charge in [0.15, 0.2) is 5.96 Å². The van der Waals surface area contributed by atoms with E-state index in [2.05, 4.69) is 49.8 Å². The molecule has 172 valence electrons. The molecule has 0 unspecified atom stereocenters. The molecule has 0 saturated carbocycles. The van der Waals surface area contributed by atoms with Gasteiger partial charge in [0.05, 0.1) is 19.8 Å². The summed E-state index contributed by atoms with van der Waals surface area (Å²) in [5.74, 6) is 0.620. The number of amides is 1. The summed E-state index contributed by atoms with van der Waals surface area (Å²) >= 11 is 0. The predicted octanol–water partition coefficient (Wildman–Crippen LogP) is 1.28. The van der Waals surface area contributed by atoms with Crippen molar-refractivity contribution < 1.29 is 9.53 Å². The maximum absolute atomic E-state index is 12.5. The van der Waals surface area contributed by atoms with E-state index in [0.717, 1.165) is 45.0 Å². The van der Waals surface area contributed by atoms with Crippen LogP contribution >= 0.6 is 0 Å². The van der Waals surface area contributed by atoms with Crippen LogP contribution in [-0.2, 0) is 29.0 Å². The number of carbonyl (C=O) groups is 1. The summed E-state index contributed by atoms with van der Waals surface area (Å²) in [4.78, 5) is 25.2. The van der Waals surface area contributed by atoms with Gasteiger partial charge >= 0.3 is 0 Å². The number of nitrogens with zero attached hydrogens (tertiary/aromatic N) is 4. The molecule has 3 rings (SSSR count). The molecular weight excluding hydrogens is 404 g/mol. The van der Waals surface area contributed by atoms with Crippen molar-refractivity contribution in [2.75, 3.05) is 53.5 Å². The highest BCUT2D eigenvalue weighted by molar-refractivity contribution is 5.86. The van der Waals surface area contributed by atoms with Crippen LogP contribution in [0.5, 0.6) is 0 Å². The number of nitrogens with one attached hydrogen (secondary N) is 2. The molecule has 1 aromatic heterocycles. The van der Waals surface area contributed by atoms with Crippen LogP contribution in [0.3, 0.4) is 0 Å². The molecule has 32 heavy (non-hydrogen) atoms. The molecule has 2 N–H and O–H groups in total. The molecule has 1 aliphatic heterocycles. The lowest BCUT2D eigenvalue weighted by Gasteiger charge is -2.27. The van der Waals surface area contributed by atoms with Crippen molar-refractivity contribution in [2.24, 2.45) is 4.99 Å². The Hall–Kier alpha value is -2.97. The number of likely N-dealkylation sites (N-methyl/N-ethyl adjacent to an activating group) is 1. The van der Waals surface area contributed by atoms with Gasteiger partial charge in [-0.3, -0.25) is 19.7 Å². The summed E-state index contributed by atoms with van der Waals surface area (Å²) in [6, 6.07) is 14.2. The SMILES string of the molecule is CN=C(NCC(=O)N(C)CCc1ccccn1)NCc1ccccc1CN1CCOCC1. The average molecular weight is 439 g/mol. The van der Waals surface area contributed by atoms with Crippen molar-refractivity contribution >= 4 is 11.9 Å². The Morgan fingerprint density at radius 2 is 1.88 bits per heavy atom. The van der Waals surface area contributed by atoms with Gasteiger partial charge < -0.3 is 20.3 Å². The molecule has 0 atom stereocenters. The van der Waals surface area contributed by atoms with E-state index in [-0.39, 0.29) is 12.5 Å². The molecule has 0 spiro atoms. The van der Waals surface area contributed by atoms with Crippen LogP contribution in [0, 0.1) is 0 Å². The lowest BCUT2D eigenvalue weighted by Crippen LogP contribution is -2.44. The summed E-state index contributed by atoms with van der Waals surface area (Å²) in [5, 5.41) is 6.45. The monoisotopic (exact) mass is 438 g/mol. The fraction of sp³-hybridized carbons (Fsp3) is 0.458. The Labute approximate surface area is 190 Å². The smallest absolute Gasteiger partial charge is 0.241 e. The number of aliphatic imine (C=N–C) groups is 1. The van der Waals surface area contributed by atoms with E-state index in [1.165, 1.54) is 11.1 Å². The number of benzene rings is 1. The number of rotatable bonds is 9. The predicted molar refractivity (Wildman–Crippen MR) is 126 cm³/mol. The minimum absolute atomic E-state index is 0.0107. The quantitative estimate of drug-likeness (QED) is 0.453. The third-order valence-corrected chi connectivity index (χ3v) is 5.55. The van der Waals surface area contributed by atoms with Crippen molar-refractivity contribution in [3.63, 3.8) is 0 Å². The fourth-order valence-corrected chi connectivity index (χ4v) is 3.53. The Bertz CT molecular complexity index is 868. The largest absolute Gasteiger partial charge is 0.379 e. The van der Waals surface area contributed by atoms with Crippen LogP contribution in [-0.4, -0.2) is 80.1 Å². The lowest BCUT2D eigenvalue weighted by molar-refractivity contribution is -0.128. The number of aromatic nitrogens is 1. The first-order chi connectivity index (χ1) is 15.7. The van der Waals surface area contributed by atoms with E-state index >= 15 is 0 Å².